The summed E-state index contributed by atoms with van der Waals surface area (Å²) in [7, 11) is 0. The number of nitrogens with zero attached hydrogens (tertiary/aromatic N) is 2. The fourth-order valence-electron chi connectivity index (χ4n) is 2.20. The van der Waals surface area contributed by atoms with Gasteiger partial charge < -0.3 is 10.2 Å². The Labute approximate surface area is 118 Å². The van der Waals surface area contributed by atoms with Crippen LogP contribution in [0, 0.1) is 6.92 Å². The van der Waals surface area contributed by atoms with Crippen molar-refractivity contribution in [3.05, 3.63) is 23.4 Å². The standard InChI is InChI=1S/C16H29N3/c1-6-10-17-12-15-8-9-16(18-14(15)5)19(11-7-2)13(3)4/h8-9,13,17H,6-7,10-12H2,1-5H3. The Morgan fingerprint density at radius 2 is 1.95 bits per heavy atom. The van der Waals surface area contributed by atoms with E-state index in [4.69, 9.17) is 4.98 Å². The molecule has 1 aromatic rings. The van der Waals surface area contributed by atoms with Crippen LogP contribution in [-0.2, 0) is 6.54 Å². The lowest BCUT2D eigenvalue weighted by molar-refractivity contribution is 0.654. The van der Waals surface area contributed by atoms with E-state index in [-0.39, 0.29) is 0 Å². The van der Waals surface area contributed by atoms with Crippen LogP contribution in [-0.4, -0.2) is 24.1 Å². The number of hydrogen-bond donors (Lipinski definition) is 1. The number of anilines is 1. The second-order valence-corrected chi connectivity index (χ2v) is 5.38. The van der Waals surface area contributed by atoms with Crippen molar-refractivity contribution in [2.75, 3.05) is 18.0 Å². The van der Waals surface area contributed by atoms with Gasteiger partial charge in [0.25, 0.3) is 0 Å². The highest BCUT2D eigenvalue weighted by atomic mass is 15.2. The molecule has 0 fully saturated rings. The zero-order valence-electron chi connectivity index (χ0n) is 13.2. The third-order valence-electron chi connectivity index (χ3n) is 3.30. The van der Waals surface area contributed by atoms with Gasteiger partial charge in [0.15, 0.2) is 0 Å². The molecule has 108 valence electrons. The molecule has 0 aliphatic rings. The third-order valence-corrected chi connectivity index (χ3v) is 3.30. The first kappa shape index (κ1) is 16.0. The van der Waals surface area contributed by atoms with Crippen LogP contribution in [0.25, 0.3) is 0 Å². The molecule has 0 saturated carbocycles. The Bertz CT molecular complexity index is 374. The molecule has 0 aromatic carbocycles. The highest BCUT2D eigenvalue weighted by Crippen LogP contribution is 2.17. The van der Waals surface area contributed by atoms with Crippen molar-refractivity contribution in [2.45, 2.75) is 60.0 Å². The zero-order chi connectivity index (χ0) is 14.3. The lowest BCUT2D eigenvalue weighted by Gasteiger charge is -2.28. The lowest BCUT2D eigenvalue weighted by atomic mass is 10.2. The van der Waals surface area contributed by atoms with Crippen molar-refractivity contribution in [2.24, 2.45) is 0 Å². The average molecular weight is 263 g/mol. The second-order valence-electron chi connectivity index (χ2n) is 5.38. The minimum Gasteiger partial charge on any atom is -0.354 e. The SMILES string of the molecule is CCCNCc1ccc(N(CCC)C(C)C)nc1C. The van der Waals surface area contributed by atoms with E-state index < -0.39 is 0 Å². The third kappa shape index (κ3) is 4.83. The van der Waals surface area contributed by atoms with Gasteiger partial charge in [-0.25, -0.2) is 4.98 Å². The van der Waals surface area contributed by atoms with Crippen molar-refractivity contribution < 1.29 is 0 Å². The van der Waals surface area contributed by atoms with Crippen LogP contribution in [0.4, 0.5) is 5.82 Å². The molecule has 1 rings (SSSR count). The number of nitrogens with one attached hydrogen (secondary N) is 1. The minimum atomic E-state index is 0.496. The number of rotatable bonds is 8. The van der Waals surface area contributed by atoms with Gasteiger partial charge >= 0.3 is 0 Å². The Balaban J connectivity index is 2.79. The first-order valence-electron chi connectivity index (χ1n) is 7.54. The summed E-state index contributed by atoms with van der Waals surface area (Å²) >= 11 is 0. The lowest BCUT2D eigenvalue weighted by Crippen LogP contribution is -2.32. The predicted molar refractivity (Wildman–Crippen MR) is 83.7 cm³/mol. The molecule has 0 bridgehead atoms. The molecule has 3 heteroatoms. The van der Waals surface area contributed by atoms with Crippen molar-refractivity contribution >= 4 is 5.82 Å². The van der Waals surface area contributed by atoms with E-state index in [9.17, 15) is 0 Å². The number of aromatic nitrogens is 1. The molecule has 3 nitrogen and oxygen atoms in total. The molecular weight excluding hydrogens is 234 g/mol. The second kappa shape index (κ2) is 8.16. The summed E-state index contributed by atoms with van der Waals surface area (Å²) in [6, 6.07) is 4.87. The van der Waals surface area contributed by atoms with Crippen LogP contribution in [0.5, 0.6) is 0 Å². The summed E-state index contributed by atoms with van der Waals surface area (Å²) in [5, 5.41) is 3.44. The summed E-state index contributed by atoms with van der Waals surface area (Å²) in [6.07, 6.45) is 2.32. The number of aryl methyl sites for hydroxylation is 1. The molecule has 1 N–H and O–H groups in total. The molecule has 0 spiro atoms. The van der Waals surface area contributed by atoms with Gasteiger partial charge in [0, 0.05) is 24.8 Å². The van der Waals surface area contributed by atoms with E-state index in [1.807, 2.05) is 0 Å². The highest BCUT2D eigenvalue weighted by molar-refractivity contribution is 5.42. The Morgan fingerprint density at radius 3 is 2.47 bits per heavy atom. The summed E-state index contributed by atoms with van der Waals surface area (Å²) in [5.41, 5.74) is 2.44. The van der Waals surface area contributed by atoms with Gasteiger partial charge in [-0.15, -0.1) is 0 Å². The van der Waals surface area contributed by atoms with Gasteiger partial charge in [-0.05, 0) is 51.8 Å². The van der Waals surface area contributed by atoms with Crippen LogP contribution in [0.1, 0.15) is 51.8 Å². The summed E-state index contributed by atoms with van der Waals surface area (Å²) < 4.78 is 0. The monoisotopic (exact) mass is 263 g/mol. The fourth-order valence-corrected chi connectivity index (χ4v) is 2.20. The Hall–Kier alpha value is -1.09. The molecule has 0 aliphatic carbocycles. The van der Waals surface area contributed by atoms with Crippen molar-refractivity contribution in [3.63, 3.8) is 0 Å². The normalized spacial score (nSPS) is 11.1. The Kier molecular flexibility index (Phi) is 6.85. The van der Waals surface area contributed by atoms with E-state index in [1.165, 1.54) is 12.0 Å². The van der Waals surface area contributed by atoms with Crippen LogP contribution >= 0.6 is 0 Å². The number of hydrogen-bond acceptors (Lipinski definition) is 3. The summed E-state index contributed by atoms with van der Waals surface area (Å²) in [4.78, 5) is 7.15. The van der Waals surface area contributed by atoms with Gasteiger partial charge in [-0.2, -0.15) is 0 Å². The zero-order valence-corrected chi connectivity index (χ0v) is 13.2. The van der Waals surface area contributed by atoms with Gasteiger partial charge in [-0.3, -0.25) is 0 Å². The molecule has 1 heterocycles. The molecule has 0 aliphatic heterocycles. The maximum Gasteiger partial charge on any atom is 0.129 e. The molecule has 0 amide bonds. The van der Waals surface area contributed by atoms with Crippen LogP contribution in [0.2, 0.25) is 0 Å². The molecule has 0 saturated heterocycles. The van der Waals surface area contributed by atoms with Crippen LogP contribution < -0.4 is 10.2 Å². The highest BCUT2D eigenvalue weighted by Gasteiger charge is 2.12. The van der Waals surface area contributed by atoms with Gasteiger partial charge in [0.1, 0.15) is 5.82 Å². The quantitative estimate of drug-likeness (QED) is 0.727. The van der Waals surface area contributed by atoms with Crippen molar-refractivity contribution in [3.8, 4) is 0 Å². The summed E-state index contributed by atoms with van der Waals surface area (Å²) in [5.74, 6) is 1.11. The molecule has 19 heavy (non-hydrogen) atoms. The molecule has 0 unspecified atom stereocenters. The smallest absolute Gasteiger partial charge is 0.129 e. The maximum absolute atomic E-state index is 4.78. The Morgan fingerprint density at radius 1 is 1.21 bits per heavy atom. The first-order chi connectivity index (χ1) is 9.10. The molecular formula is C16H29N3. The van der Waals surface area contributed by atoms with E-state index in [0.717, 1.165) is 37.6 Å². The van der Waals surface area contributed by atoms with E-state index >= 15 is 0 Å². The van der Waals surface area contributed by atoms with Gasteiger partial charge in [0.05, 0.1) is 0 Å². The van der Waals surface area contributed by atoms with E-state index in [0.29, 0.717) is 6.04 Å². The van der Waals surface area contributed by atoms with Crippen LogP contribution in [0.15, 0.2) is 12.1 Å². The average Bonchev–Trinajstić information content (AvgIpc) is 2.37. The van der Waals surface area contributed by atoms with Crippen LogP contribution in [0.3, 0.4) is 0 Å². The first-order valence-corrected chi connectivity index (χ1v) is 7.54. The molecule has 1 aromatic heterocycles. The van der Waals surface area contributed by atoms with E-state index in [2.05, 4.69) is 57.0 Å². The van der Waals surface area contributed by atoms with E-state index in [1.54, 1.807) is 0 Å². The van der Waals surface area contributed by atoms with Crippen molar-refractivity contribution in [1.29, 1.82) is 0 Å². The molecule has 0 atom stereocenters. The topological polar surface area (TPSA) is 28.2 Å². The molecule has 0 radical (unpaired) electrons. The largest absolute Gasteiger partial charge is 0.354 e. The number of pyridine rings is 1. The van der Waals surface area contributed by atoms with Crippen molar-refractivity contribution in [1.82, 2.24) is 10.3 Å². The fraction of sp³-hybridized carbons (Fsp3) is 0.688. The van der Waals surface area contributed by atoms with Gasteiger partial charge in [-0.1, -0.05) is 19.9 Å². The predicted octanol–water partition coefficient (Wildman–Crippen LogP) is 3.51. The maximum atomic E-state index is 4.78. The summed E-state index contributed by atoms with van der Waals surface area (Å²) in [6.45, 7) is 14.0. The van der Waals surface area contributed by atoms with Gasteiger partial charge in [0.2, 0.25) is 0 Å². The minimum absolute atomic E-state index is 0.496.